The van der Waals surface area contributed by atoms with Crippen molar-refractivity contribution >= 4 is 0 Å². The van der Waals surface area contributed by atoms with Crippen LogP contribution in [0.4, 0.5) is 0 Å². The summed E-state index contributed by atoms with van der Waals surface area (Å²) in [6.07, 6.45) is 3.33. The van der Waals surface area contributed by atoms with E-state index in [1.54, 1.807) is 24.5 Å². The molecule has 0 atom stereocenters. The predicted octanol–water partition coefficient (Wildman–Crippen LogP) is 1.74. The molecule has 12 heavy (non-hydrogen) atoms. The van der Waals surface area contributed by atoms with Crippen LogP contribution in [0.15, 0.2) is 29.6 Å². The van der Waals surface area contributed by atoms with Gasteiger partial charge in [0.05, 0.1) is 6.54 Å². The predicted molar refractivity (Wildman–Crippen MR) is 45.1 cm³/mol. The Labute approximate surface area is 69.9 Å². The standard InChI is InChI=1S/C8H6N4/c9-12-11-5-1-2-8-3-6-10-7-4-8/h3-4,6-7H,5H2. The molecule has 0 aliphatic rings. The Balaban J connectivity index is 2.61. The summed E-state index contributed by atoms with van der Waals surface area (Å²) in [6.45, 7) is 0.207. The van der Waals surface area contributed by atoms with Crippen LogP contribution in [0.2, 0.25) is 0 Å². The molecule has 4 heteroatoms. The van der Waals surface area contributed by atoms with Crippen molar-refractivity contribution in [3.8, 4) is 11.8 Å². The Bertz CT molecular complexity index is 340. The van der Waals surface area contributed by atoms with Crippen LogP contribution < -0.4 is 0 Å². The summed E-state index contributed by atoms with van der Waals surface area (Å²) in [5, 5.41) is 3.28. The lowest BCUT2D eigenvalue weighted by atomic mass is 10.3. The second-order valence-corrected chi connectivity index (χ2v) is 1.93. The first-order valence-corrected chi connectivity index (χ1v) is 3.33. The molecular weight excluding hydrogens is 152 g/mol. The highest BCUT2D eigenvalue weighted by molar-refractivity contribution is 5.32. The molecule has 58 valence electrons. The summed E-state index contributed by atoms with van der Waals surface area (Å²) in [5.74, 6) is 5.53. The van der Waals surface area contributed by atoms with Crippen LogP contribution >= 0.6 is 0 Å². The van der Waals surface area contributed by atoms with Gasteiger partial charge in [0, 0.05) is 22.9 Å². The number of rotatable bonds is 1. The maximum atomic E-state index is 7.94. The monoisotopic (exact) mass is 158 g/mol. The van der Waals surface area contributed by atoms with E-state index >= 15 is 0 Å². The molecule has 0 aliphatic carbocycles. The van der Waals surface area contributed by atoms with E-state index in [-0.39, 0.29) is 6.54 Å². The van der Waals surface area contributed by atoms with Crippen LogP contribution in [0, 0.1) is 11.8 Å². The Morgan fingerprint density at radius 3 is 2.92 bits per heavy atom. The first-order valence-electron chi connectivity index (χ1n) is 3.33. The first-order chi connectivity index (χ1) is 5.93. The molecule has 1 heterocycles. The van der Waals surface area contributed by atoms with Crippen molar-refractivity contribution in [3.05, 3.63) is 40.5 Å². The molecule has 1 aromatic rings. The van der Waals surface area contributed by atoms with Crippen molar-refractivity contribution in [2.24, 2.45) is 5.11 Å². The largest absolute Gasteiger partial charge is 0.265 e. The van der Waals surface area contributed by atoms with E-state index in [1.807, 2.05) is 0 Å². The zero-order chi connectivity index (χ0) is 8.65. The van der Waals surface area contributed by atoms with Crippen LogP contribution in [-0.4, -0.2) is 11.5 Å². The Morgan fingerprint density at radius 2 is 2.25 bits per heavy atom. The van der Waals surface area contributed by atoms with Crippen LogP contribution in [0.5, 0.6) is 0 Å². The number of hydrogen-bond acceptors (Lipinski definition) is 2. The highest BCUT2D eigenvalue weighted by atomic mass is 15.1. The summed E-state index contributed by atoms with van der Waals surface area (Å²) in [5.41, 5.74) is 8.82. The van der Waals surface area contributed by atoms with Gasteiger partial charge in [0.15, 0.2) is 0 Å². The minimum absolute atomic E-state index is 0.207. The van der Waals surface area contributed by atoms with Gasteiger partial charge in [-0.15, -0.1) is 0 Å². The molecule has 4 nitrogen and oxygen atoms in total. The smallest absolute Gasteiger partial charge is 0.0880 e. The van der Waals surface area contributed by atoms with Crippen molar-refractivity contribution in [2.45, 2.75) is 0 Å². The molecule has 0 spiro atoms. The van der Waals surface area contributed by atoms with Crippen molar-refractivity contribution in [1.82, 2.24) is 4.98 Å². The average Bonchev–Trinajstić information content (AvgIpc) is 2.14. The van der Waals surface area contributed by atoms with Gasteiger partial charge in [-0.25, -0.2) is 0 Å². The van der Waals surface area contributed by atoms with E-state index in [4.69, 9.17) is 5.53 Å². The van der Waals surface area contributed by atoms with E-state index in [2.05, 4.69) is 26.9 Å². The maximum Gasteiger partial charge on any atom is 0.0880 e. The second kappa shape index (κ2) is 4.78. The normalized spacial score (nSPS) is 7.67. The summed E-state index contributed by atoms with van der Waals surface area (Å²) in [6, 6.07) is 3.59. The molecular formula is C8H6N4. The van der Waals surface area contributed by atoms with Gasteiger partial charge in [0.2, 0.25) is 0 Å². The Kier molecular flexibility index (Phi) is 3.23. The Morgan fingerprint density at radius 1 is 1.50 bits per heavy atom. The zero-order valence-electron chi connectivity index (χ0n) is 6.31. The maximum absolute atomic E-state index is 7.94. The van der Waals surface area contributed by atoms with Crippen molar-refractivity contribution < 1.29 is 0 Å². The highest BCUT2D eigenvalue weighted by Crippen LogP contribution is 1.91. The molecule has 0 aromatic carbocycles. The zero-order valence-corrected chi connectivity index (χ0v) is 6.31. The number of hydrogen-bond donors (Lipinski definition) is 0. The minimum atomic E-state index is 0.207. The van der Waals surface area contributed by atoms with Crippen molar-refractivity contribution in [1.29, 1.82) is 0 Å². The van der Waals surface area contributed by atoms with E-state index in [1.165, 1.54) is 0 Å². The number of nitrogens with zero attached hydrogens (tertiary/aromatic N) is 4. The number of pyridine rings is 1. The van der Waals surface area contributed by atoms with Gasteiger partial charge in [-0.3, -0.25) is 4.98 Å². The van der Waals surface area contributed by atoms with Gasteiger partial charge in [0.1, 0.15) is 0 Å². The van der Waals surface area contributed by atoms with E-state index in [0.29, 0.717) is 0 Å². The molecule has 0 aliphatic heterocycles. The third kappa shape index (κ3) is 2.74. The molecule has 1 aromatic heterocycles. The van der Waals surface area contributed by atoms with Crippen LogP contribution in [0.1, 0.15) is 5.56 Å². The van der Waals surface area contributed by atoms with Crippen LogP contribution in [0.25, 0.3) is 10.4 Å². The summed E-state index contributed by atoms with van der Waals surface area (Å²) >= 11 is 0. The Hall–Kier alpha value is -1.98. The average molecular weight is 158 g/mol. The molecule has 1 rings (SSSR count). The third-order valence-corrected chi connectivity index (χ3v) is 1.13. The summed E-state index contributed by atoms with van der Waals surface area (Å²) in [7, 11) is 0. The minimum Gasteiger partial charge on any atom is -0.265 e. The molecule has 0 saturated carbocycles. The molecule has 0 amide bonds. The lowest BCUT2D eigenvalue weighted by molar-refractivity contribution is 1.25. The van der Waals surface area contributed by atoms with Crippen molar-refractivity contribution in [3.63, 3.8) is 0 Å². The third-order valence-electron chi connectivity index (χ3n) is 1.13. The van der Waals surface area contributed by atoms with Gasteiger partial charge in [-0.05, 0) is 17.7 Å². The number of azide groups is 1. The van der Waals surface area contributed by atoms with Crippen LogP contribution in [-0.2, 0) is 0 Å². The topological polar surface area (TPSA) is 61.7 Å². The van der Waals surface area contributed by atoms with E-state index in [9.17, 15) is 0 Å². The van der Waals surface area contributed by atoms with E-state index in [0.717, 1.165) is 5.56 Å². The number of aromatic nitrogens is 1. The lowest BCUT2D eigenvalue weighted by Crippen LogP contribution is -1.75. The quantitative estimate of drug-likeness (QED) is 0.266. The SMILES string of the molecule is [N-]=[N+]=NCC#Cc1ccncc1. The first kappa shape index (κ1) is 8.12. The summed E-state index contributed by atoms with van der Waals surface area (Å²) in [4.78, 5) is 6.42. The fraction of sp³-hybridized carbons (Fsp3) is 0.125. The van der Waals surface area contributed by atoms with Crippen molar-refractivity contribution in [2.75, 3.05) is 6.54 Å². The fourth-order valence-electron chi connectivity index (χ4n) is 0.644. The fourth-order valence-corrected chi connectivity index (χ4v) is 0.644. The van der Waals surface area contributed by atoms with E-state index < -0.39 is 0 Å². The van der Waals surface area contributed by atoms with Gasteiger partial charge in [-0.1, -0.05) is 17.0 Å². The highest BCUT2D eigenvalue weighted by Gasteiger charge is 1.80. The second-order valence-electron chi connectivity index (χ2n) is 1.93. The molecule has 0 unspecified atom stereocenters. The van der Waals surface area contributed by atoms with Gasteiger partial charge in [-0.2, -0.15) is 0 Å². The molecule has 0 saturated heterocycles. The molecule has 0 fully saturated rings. The molecule has 0 N–H and O–H groups in total. The van der Waals surface area contributed by atoms with Gasteiger partial charge >= 0.3 is 0 Å². The lowest BCUT2D eigenvalue weighted by Gasteiger charge is -1.84. The molecule has 0 radical (unpaired) electrons. The molecule has 0 bridgehead atoms. The van der Waals surface area contributed by atoms with Gasteiger partial charge < -0.3 is 0 Å². The summed E-state index contributed by atoms with van der Waals surface area (Å²) < 4.78 is 0. The van der Waals surface area contributed by atoms with Crippen LogP contribution in [0.3, 0.4) is 0 Å². The van der Waals surface area contributed by atoms with Gasteiger partial charge in [0.25, 0.3) is 0 Å².